The van der Waals surface area contributed by atoms with Crippen molar-refractivity contribution in [1.29, 1.82) is 0 Å². The number of terminal acetylenes is 1. The Morgan fingerprint density at radius 1 is 1.50 bits per heavy atom. The van der Waals surface area contributed by atoms with Crippen LogP contribution in [-0.4, -0.2) is 27.7 Å². The number of aromatic hydroxyl groups is 1. The first kappa shape index (κ1) is 15.2. The summed E-state index contributed by atoms with van der Waals surface area (Å²) in [5, 5.41) is 9.95. The number of nitrogens with zero attached hydrogens (tertiary/aromatic N) is 1. The molecule has 2 amide bonds. The van der Waals surface area contributed by atoms with Crippen LogP contribution in [0.25, 0.3) is 6.08 Å². The molecule has 7 heteroatoms. The van der Waals surface area contributed by atoms with E-state index in [4.69, 9.17) is 18.0 Å². The molecule has 1 aromatic rings. The third-order valence-corrected chi connectivity index (χ3v) is 4.42. The van der Waals surface area contributed by atoms with Crippen molar-refractivity contribution in [3.8, 4) is 18.1 Å². The van der Waals surface area contributed by atoms with Crippen LogP contribution < -0.4 is 0 Å². The lowest BCUT2D eigenvalue weighted by molar-refractivity contribution is -0.122. The molecule has 0 bridgehead atoms. The molecule has 1 heterocycles. The van der Waals surface area contributed by atoms with Crippen LogP contribution in [0.15, 0.2) is 17.0 Å². The Kier molecular flexibility index (Phi) is 4.62. The first-order valence-electron chi connectivity index (χ1n) is 5.31. The summed E-state index contributed by atoms with van der Waals surface area (Å²) in [4.78, 5) is 24.8. The number of carbonyl (C=O) groups excluding carboxylic acids is 2. The summed E-state index contributed by atoms with van der Waals surface area (Å²) in [7, 11) is 0. The Balaban J connectivity index is 2.41. The standard InChI is InChI=1S/C13H7ClINO3S/c1-2-3-16-12(18)10(20-13(16)19)5-7-4-8(14)6-9(15)11(7)17/h1,4-6,17H,3H2/b10-5+. The van der Waals surface area contributed by atoms with Gasteiger partial charge in [0, 0.05) is 10.6 Å². The van der Waals surface area contributed by atoms with E-state index in [9.17, 15) is 14.7 Å². The second-order valence-electron chi connectivity index (χ2n) is 3.80. The van der Waals surface area contributed by atoms with Crippen molar-refractivity contribution in [2.45, 2.75) is 0 Å². The fourth-order valence-electron chi connectivity index (χ4n) is 1.56. The minimum atomic E-state index is -0.465. The van der Waals surface area contributed by atoms with Gasteiger partial charge in [-0.3, -0.25) is 14.5 Å². The number of imide groups is 1. The summed E-state index contributed by atoms with van der Waals surface area (Å²) >= 11 is 8.62. The summed E-state index contributed by atoms with van der Waals surface area (Å²) in [6.45, 7) is -0.0684. The second kappa shape index (κ2) is 6.08. The molecule has 0 aromatic heterocycles. The Morgan fingerprint density at radius 2 is 2.20 bits per heavy atom. The van der Waals surface area contributed by atoms with Gasteiger partial charge in [-0.1, -0.05) is 17.5 Å². The van der Waals surface area contributed by atoms with Gasteiger partial charge in [0.05, 0.1) is 15.0 Å². The third kappa shape index (κ3) is 2.95. The van der Waals surface area contributed by atoms with Crippen molar-refractivity contribution in [2.75, 3.05) is 6.54 Å². The maximum absolute atomic E-state index is 12.0. The number of phenols is 1. The number of benzene rings is 1. The lowest BCUT2D eigenvalue weighted by Gasteiger charge is -2.07. The van der Waals surface area contributed by atoms with E-state index in [2.05, 4.69) is 5.92 Å². The van der Waals surface area contributed by atoms with Gasteiger partial charge in [-0.05, 0) is 52.6 Å². The first-order chi connectivity index (χ1) is 9.43. The normalized spacial score (nSPS) is 16.9. The highest BCUT2D eigenvalue weighted by Crippen LogP contribution is 2.35. The molecule has 1 fully saturated rings. The summed E-state index contributed by atoms with van der Waals surface area (Å²) in [5.41, 5.74) is 0.383. The highest BCUT2D eigenvalue weighted by atomic mass is 127. The maximum atomic E-state index is 12.0. The number of phenolic OH excluding ortho intramolecular Hbond substituents is 1. The molecule has 1 saturated heterocycles. The predicted molar refractivity (Wildman–Crippen MR) is 87.3 cm³/mol. The van der Waals surface area contributed by atoms with E-state index in [0.29, 0.717) is 14.2 Å². The van der Waals surface area contributed by atoms with E-state index in [-0.39, 0.29) is 17.2 Å². The molecule has 1 N–H and O–H groups in total. The van der Waals surface area contributed by atoms with Crippen LogP contribution in [0, 0.1) is 15.9 Å². The van der Waals surface area contributed by atoms with Gasteiger partial charge in [0.25, 0.3) is 11.1 Å². The zero-order valence-corrected chi connectivity index (χ0v) is 13.6. The summed E-state index contributed by atoms with van der Waals surface area (Å²) < 4.78 is 0.559. The van der Waals surface area contributed by atoms with Crippen LogP contribution in [0.3, 0.4) is 0 Å². The minimum Gasteiger partial charge on any atom is -0.506 e. The van der Waals surface area contributed by atoms with Gasteiger partial charge in [-0.15, -0.1) is 6.42 Å². The highest BCUT2D eigenvalue weighted by molar-refractivity contribution is 14.1. The fraction of sp³-hybridized carbons (Fsp3) is 0.0769. The molecule has 1 aliphatic heterocycles. The molecule has 1 aromatic carbocycles. The number of carbonyl (C=O) groups is 2. The average molecular weight is 420 g/mol. The topological polar surface area (TPSA) is 57.6 Å². The zero-order valence-electron chi connectivity index (χ0n) is 9.89. The summed E-state index contributed by atoms with van der Waals surface area (Å²) in [6, 6.07) is 3.12. The lowest BCUT2D eigenvalue weighted by Crippen LogP contribution is -2.28. The smallest absolute Gasteiger partial charge is 0.294 e. The van der Waals surface area contributed by atoms with Crippen LogP contribution in [0.1, 0.15) is 5.56 Å². The molecule has 102 valence electrons. The van der Waals surface area contributed by atoms with Gasteiger partial charge in [0.2, 0.25) is 0 Å². The van der Waals surface area contributed by atoms with E-state index < -0.39 is 11.1 Å². The van der Waals surface area contributed by atoms with Gasteiger partial charge in [0.1, 0.15) is 5.75 Å². The predicted octanol–water partition coefficient (Wildman–Crippen LogP) is 3.32. The SMILES string of the molecule is C#CCN1C(=O)S/C(=C/c2cc(Cl)cc(I)c2O)C1=O. The quantitative estimate of drug-likeness (QED) is 0.454. The van der Waals surface area contributed by atoms with Crippen molar-refractivity contribution in [1.82, 2.24) is 4.90 Å². The van der Waals surface area contributed by atoms with Crippen LogP contribution in [0.5, 0.6) is 5.75 Å². The zero-order chi connectivity index (χ0) is 14.9. The van der Waals surface area contributed by atoms with Gasteiger partial charge < -0.3 is 5.11 Å². The first-order valence-corrected chi connectivity index (χ1v) is 7.58. The van der Waals surface area contributed by atoms with Crippen LogP contribution in [0.2, 0.25) is 5.02 Å². The Morgan fingerprint density at radius 3 is 2.85 bits per heavy atom. The van der Waals surface area contributed by atoms with Gasteiger partial charge in [-0.25, -0.2) is 0 Å². The fourth-order valence-corrected chi connectivity index (χ4v) is 3.45. The van der Waals surface area contributed by atoms with E-state index in [1.54, 1.807) is 6.07 Å². The molecule has 4 nitrogen and oxygen atoms in total. The molecular formula is C13H7ClINO3S. The van der Waals surface area contributed by atoms with Crippen LogP contribution >= 0.6 is 46.0 Å². The van der Waals surface area contributed by atoms with Crippen molar-refractivity contribution >= 4 is 63.2 Å². The second-order valence-corrected chi connectivity index (χ2v) is 6.39. The van der Waals surface area contributed by atoms with E-state index in [1.807, 2.05) is 22.6 Å². The molecule has 1 aliphatic rings. The van der Waals surface area contributed by atoms with Crippen molar-refractivity contribution in [2.24, 2.45) is 0 Å². The number of amides is 2. The van der Waals surface area contributed by atoms with Gasteiger partial charge >= 0.3 is 0 Å². The molecular weight excluding hydrogens is 413 g/mol. The number of hydrogen-bond acceptors (Lipinski definition) is 4. The number of thioether (sulfide) groups is 1. The minimum absolute atomic E-state index is 0.0127. The van der Waals surface area contributed by atoms with Gasteiger partial charge in [0.15, 0.2) is 0 Å². The van der Waals surface area contributed by atoms with Gasteiger partial charge in [-0.2, -0.15) is 0 Å². The van der Waals surface area contributed by atoms with E-state index in [1.165, 1.54) is 12.1 Å². The van der Waals surface area contributed by atoms with Crippen molar-refractivity contribution in [3.05, 3.63) is 31.2 Å². The molecule has 20 heavy (non-hydrogen) atoms. The average Bonchev–Trinajstić information content (AvgIpc) is 2.63. The monoisotopic (exact) mass is 419 g/mol. The number of rotatable bonds is 2. The molecule has 0 atom stereocenters. The van der Waals surface area contributed by atoms with Crippen molar-refractivity contribution in [3.63, 3.8) is 0 Å². The molecule has 2 rings (SSSR count). The number of halogens is 2. The molecule has 0 spiro atoms. The third-order valence-electron chi connectivity index (χ3n) is 2.47. The summed E-state index contributed by atoms with van der Waals surface area (Å²) in [6.07, 6.45) is 6.55. The molecule has 0 saturated carbocycles. The Hall–Kier alpha value is -1.17. The van der Waals surface area contributed by atoms with E-state index in [0.717, 1.165) is 16.7 Å². The molecule has 0 radical (unpaired) electrons. The Labute approximate surface area is 138 Å². The Bertz CT molecular complexity index is 681. The number of hydrogen-bond donors (Lipinski definition) is 1. The van der Waals surface area contributed by atoms with Crippen LogP contribution in [0.4, 0.5) is 4.79 Å². The summed E-state index contributed by atoms with van der Waals surface area (Å²) in [5.74, 6) is 1.80. The lowest BCUT2D eigenvalue weighted by atomic mass is 10.2. The largest absolute Gasteiger partial charge is 0.506 e. The highest BCUT2D eigenvalue weighted by Gasteiger charge is 2.34. The van der Waals surface area contributed by atoms with Crippen molar-refractivity contribution < 1.29 is 14.7 Å². The molecule has 0 aliphatic carbocycles. The van der Waals surface area contributed by atoms with E-state index >= 15 is 0 Å². The molecule has 0 unspecified atom stereocenters. The maximum Gasteiger partial charge on any atom is 0.294 e. The van der Waals surface area contributed by atoms with Crippen LogP contribution in [-0.2, 0) is 4.79 Å².